The number of halogens is 2. The third kappa shape index (κ3) is 3.40. The molecule has 0 spiro atoms. The second-order valence-electron chi connectivity index (χ2n) is 3.72. The largest absolute Gasteiger partial charge is 0.457 e. The minimum absolute atomic E-state index is 0.174. The molecule has 0 atom stereocenters. The highest BCUT2D eigenvalue weighted by Gasteiger charge is 2.09. The first kappa shape index (κ1) is 12.8. The van der Waals surface area contributed by atoms with Crippen molar-refractivity contribution in [3.8, 4) is 0 Å². The summed E-state index contributed by atoms with van der Waals surface area (Å²) in [6, 6.07) is 13.3. The van der Waals surface area contributed by atoms with Crippen LogP contribution < -0.4 is 0 Å². The number of carbonyl (C=O) groups is 1. The fraction of sp³-hybridized carbons (Fsp3) is 0.0714. The third-order valence-corrected chi connectivity index (χ3v) is 2.77. The molecule has 0 aromatic heterocycles. The summed E-state index contributed by atoms with van der Waals surface area (Å²) in [5, 5.41) is 0. The molecule has 0 unspecified atom stereocenters. The molecule has 4 heteroatoms. The van der Waals surface area contributed by atoms with Gasteiger partial charge in [0.25, 0.3) is 0 Å². The minimum Gasteiger partial charge on any atom is -0.457 e. The van der Waals surface area contributed by atoms with Gasteiger partial charge in [0.1, 0.15) is 12.4 Å². The molecule has 0 aliphatic rings. The van der Waals surface area contributed by atoms with Crippen molar-refractivity contribution in [3.63, 3.8) is 0 Å². The highest BCUT2D eigenvalue weighted by atomic mass is 79.9. The van der Waals surface area contributed by atoms with Crippen molar-refractivity contribution >= 4 is 21.9 Å². The van der Waals surface area contributed by atoms with E-state index in [1.807, 2.05) is 30.3 Å². The fourth-order valence-corrected chi connectivity index (χ4v) is 1.94. The summed E-state index contributed by atoms with van der Waals surface area (Å²) < 4.78 is 18.7. The Hall–Kier alpha value is -1.68. The van der Waals surface area contributed by atoms with Crippen molar-refractivity contribution in [1.29, 1.82) is 0 Å². The molecule has 92 valence electrons. The smallest absolute Gasteiger partial charge is 0.338 e. The standard InChI is InChI=1S/C14H10BrFO2/c15-12-6-11(7-13(16)8-12)14(17)18-9-10-4-2-1-3-5-10/h1-8H,9H2. The lowest BCUT2D eigenvalue weighted by atomic mass is 10.2. The van der Waals surface area contributed by atoms with Gasteiger partial charge in [0.15, 0.2) is 0 Å². The third-order valence-electron chi connectivity index (χ3n) is 2.31. The van der Waals surface area contributed by atoms with Crippen LogP contribution in [-0.2, 0) is 11.3 Å². The summed E-state index contributed by atoms with van der Waals surface area (Å²) in [5.74, 6) is -1.02. The summed E-state index contributed by atoms with van der Waals surface area (Å²) >= 11 is 3.13. The van der Waals surface area contributed by atoms with E-state index in [9.17, 15) is 9.18 Å². The van der Waals surface area contributed by atoms with Gasteiger partial charge in [-0.1, -0.05) is 46.3 Å². The average molecular weight is 309 g/mol. The summed E-state index contributed by atoms with van der Waals surface area (Å²) in [4.78, 5) is 11.7. The van der Waals surface area contributed by atoms with Crippen molar-refractivity contribution in [2.24, 2.45) is 0 Å². The van der Waals surface area contributed by atoms with Gasteiger partial charge in [-0.05, 0) is 23.8 Å². The maximum Gasteiger partial charge on any atom is 0.338 e. The Labute approximate surface area is 113 Å². The SMILES string of the molecule is O=C(OCc1ccccc1)c1cc(F)cc(Br)c1. The molecule has 2 aromatic carbocycles. The number of ether oxygens (including phenoxy) is 1. The maximum atomic E-state index is 13.1. The van der Waals surface area contributed by atoms with Crippen LogP contribution in [0.25, 0.3) is 0 Å². The second-order valence-corrected chi connectivity index (χ2v) is 4.64. The Morgan fingerprint density at radius 2 is 1.89 bits per heavy atom. The molecule has 0 N–H and O–H groups in total. The second kappa shape index (κ2) is 5.78. The van der Waals surface area contributed by atoms with E-state index < -0.39 is 11.8 Å². The van der Waals surface area contributed by atoms with Crippen molar-refractivity contribution in [2.75, 3.05) is 0 Å². The molecule has 18 heavy (non-hydrogen) atoms. The molecule has 0 bridgehead atoms. The van der Waals surface area contributed by atoms with Crippen molar-refractivity contribution in [2.45, 2.75) is 6.61 Å². The van der Waals surface area contributed by atoms with Crippen LogP contribution in [0, 0.1) is 5.82 Å². The van der Waals surface area contributed by atoms with E-state index in [4.69, 9.17) is 4.74 Å². The van der Waals surface area contributed by atoms with E-state index in [1.54, 1.807) is 0 Å². The van der Waals surface area contributed by atoms with E-state index in [-0.39, 0.29) is 12.2 Å². The topological polar surface area (TPSA) is 26.3 Å². The molecule has 0 saturated heterocycles. The maximum absolute atomic E-state index is 13.1. The zero-order chi connectivity index (χ0) is 13.0. The van der Waals surface area contributed by atoms with Crippen LogP contribution in [0.5, 0.6) is 0 Å². The lowest BCUT2D eigenvalue weighted by Crippen LogP contribution is -2.05. The van der Waals surface area contributed by atoms with Gasteiger partial charge in [-0.15, -0.1) is 0 Å². The van der Waals surface area contributed by atoms with E-state index in [0.29, 0.717) is 4.47 Å². The van der Waals surface area contributed by atoms with Crippen LogP contribution in [0.4, 0.5) is 4.39 Å². The predicted molar refractivity (Wildman–Crippen MR) is 69.7 cm³/mol. The predicted octanol–water partition coefficient (Wildman–Crippen LogP) is 3.95. The lowest BCUT2D eigenvalue weighted by Gasteiger charge is -2.05. The first-order chi connectivity index (χ1) is 8.65. The zero-order valence-corrected chi connectivity index (χ0v) is 11.0. The highest BCUT2D eigenvalue weighted by molar-refractivity contribution is 9.10. The van der Waals surface area contributed by atoms with Crippen molar-refractivity contribution in [1.82, 2.24) is 0 Å². The first-order valence-electron chi connectivity index (χ1n) is 5.32. The normalized spacial score (nSPS) is 10.1. The van der Waals surface area contributed by atoms with Gasteiger partial charge < -0.3 is 4.74 Å². The summed E-state index contributed by atoms with van der Waals surface area (Å²) in [5.41, 5.74) is 1.08. The minimum atomic E-state index is -0.543. The molecular formula is C14H10BrFO2. The first-order valence-corrected chi connectivity index (χ1v) is 6.11. The van der Waals surface area contributed by atoms with Crippen LogP contribution in [0.3, 0.4) is 0 Å². The average Bonchev–Trinajstić information content (AvgIpc) is 2.36. The number of hydrogen-bond acceptors (Lipinski definition) is 2. The number of hydrogen-bond donors (Lipinski definition) is 0. The molecule has 0 fully saturated rings. The van der Waals surface area contributed by atoms with Gasteiger partial charge in [0, 0.05) is 4.47 Å². The molecule has 2 nitrogen and oxygen atoms in total. The summed E-state index contributed by atoms with van der Waals surface area (Å²) in [7, 11) is 0. The Balaban J connectivity index is 2.04. The van der Waals surface area contributed by atoms with Crippen LogP contribution >= 0.6 is 15.9 Å². The van der Waals surface area contributed by atoms with E-state index >= 15 is 0 Å². The molecule has 2 aromatic rings. The monoisotopic (exact) mass is 308 g/mol. The fourth-order valence-electron chi connectivity index (χ4n) is 1.48. The molecular weight excluding hydrogens is 299 g/mol. The molecule has 0 heterocycles. The number of benzene rings is 2. The summed E-state index contributed by atoms with van der Waals surface area (Å²) in [6.45, 7) is 0.174. The van der Waals surface area contributed by atoms with Gasteiger partial charge in [-0.3, -0.25) is 0 Å². The van der Waals surface area contributed by atoms with Gasteiger partial charge in [0.2, 0.25) is 0 Å². The van der Waals surface area contributed by atoms with Crippen LogP contribution in [0.2, 0.25) is 0 Å². The zero-order valence-electron chi connectivity index (χ0n) is 9.40. The number of esters is 1. The highest BCUT2D eigenvalue weighted by Crippen LogP contribution is 2.16. The van der Waals surface area contributed by atoms with E-state index in [2.05, 4.69) is 15.9 Å². The molecule has 0 saturated carbocycles. The molecule has 2 rings (SSSR count). The van der Waals surface area contributed by atoms with Gasteiger partial charge >= 0.3 is 5.97 Å². The molecule has 0 radical (unpaired) electrons. The molecule has 0 aliphatic carbocycles. The van der Waals surface area contributed by atoms with Crippen LogP contribution in [0.1, 0.15) is 15.9 Å². The van der Waals surface area contributed by atoms with Gasteiger partial charge in [0.05, 0.1) is 5.56 Å². The quantitative estimate of drug-likeness (QED) is 0.803. The van der Waals surface area contributed by atoms with Crippen LogP contribution in [0.15, 0.2) is 53.0 Å². The van der Waals surface area contributed by atoms with Gasteiger partial charge in [-0.25, -0.2) is 9.18 Å². The summed E-state index contributed by atoms with van der Waals surface area (Å²) in [6.07, 6.45) is 0. The number of rotatable bonds is 3. The Bertz CT molecular complexity index is 535. The van der Waals surface area contributed by atoms with Crippen molar-refractivity contribution < 1.29 is 13.9 Å². The Kier molecular flexibility index (Phi) is 4.10. The van der Waals surface area contributed by atoms with Gasteiger partial charge in [-0.2, -0.15) is 0 Å². The lowest BCUT2D eigenvalue weighted by molar-refractivity contribution is 0.0472. The van der Waals surface area contributed by atoms with E-state index in [1.165, 1.54) is 12.1 Å². The number of carbonyl (C=O) groups excluding carboxylic acids is 1. The molecule has 0 aliphatic heterocycles. The molecule has 0 amide bonds. The van der Waals surface area contributed by atoms with Crippen molar-refractivity contribution in [3.05, 3.63) is 69.9 Å². The van der Waals surface area contributed by atoms with Crippen LogP contribution in [-0.4, -0.2) is 5.97 Å². The Morgan fingerprint density at radius 1 is 1.17 bits per heavy atom. The van der Waals surface area contributed by atoms with E-state index in [0.717, 1.165) is 11.6 Å². The Morgan fingerprint density at radius 3 is 2.56 bits per heavy atom.